The van der Waals surface area contributed by atoms with E-state index in [1.165, 1.54) is 24.3 Å². The molecule has 0 radical (unpaired) electrons. The number of hydrogen-bond acceptors (Lipinski definition) is 5. The van der Waals surface area contributed by atoms with Gasteiger partial charge in [-0.05, 0) is 61.9 Å². The lowest BCUT2D eigenvalue weighted by Crippen LogP contribution is -2.34. The summed E-state index contributed by atoms with van der Waals surface area (Å²) in [4.78, 5) is 2.08. The van der Waals surface area contributed by atoms with Crippen LogP contribution in [0.3, 0.4) is 0 Å². The molecular formula is C24H29F2N3O3. The summed E-state index contributed by atoms with van der Waals surface area (Å²) in [5.41, 5.74) is 2.19. The summed E-state index contributed by atoms with van der Waals surface area (Å²) < 4.78 is 39.9. The first kappa shape index (κ1) is 23.8. The van der Waals surface area contributed by atoms with Crippen LogP contribution >= 0.6 is 0 Å². The molecule has 1 aromatic heterocycles. The minimum absolute atomic E-state index is 0.349. The zero-order chi connectivity index (χ0) is 23.1. The number of rotatable bonds is 11. The Balaban J connectivity index is 2.00. The maximum Gasteiger partial charge on any atom is 0.227 e. The smallest absolute Gasteiger partial charge is 0.227 e. The van der Waals surface area contributed by atoms with Crippen LogP contribution in [0.15, 0.2) is 48.5 Å². The molecule has 3 rings (SSSR count). The fourth-order valence-electron chi connectivity index (χ4n) is 3.30. The quantitative estimate of drug-likeness (QED) is 0.472. The number of aliphatic hydroxyl groups excluding tert-OH is 1. The van der Waals surface area contributed by atoms with Gasteiger partial charge in [-0.2, -0.15) is 5.10 Å². The van der Waals surface area contributed by atoms with Crippen molar-refractivity contribution in [1.82, 2.24) is 14.7 Å². The van der Waals surface area contributed by atoms with E-state index >= 15 is 0 Å². The maximum absolute atomic E-state index is 13.5. The molecule has 0 saturated carbocycles. The van der Waals surface area contributed by atoms with Crippen LogP contribution in [-0.4, -0.2) is 52.7 Å². The molecule has 1 N–H and O–H groups in total. The van der Waals surface area contributed by atoms with E-state index in [-0.39, 0.29) is 11.6 Å². The third kappa shape index (κ3) is 6.12. The zero-order valence-corrected chi connectivity index (χ0v) is 18.6. The Bertz CT molecular complexity index is 991. The molecule has 1 heterocycles. The third-order valence-corrected chi connectivity index (χ3v) is 5.17. The molecule has 1 atom stereocenters. The van der Waals surface area contributed by atoms with E-state index in [0.717, 1.165) is 11.3 Å². The predicted octanol–water partition coefficient (Wildman–Crippen LogP) is 4.47. The molecule has 0 aliphatic heterocycles. The van der Waals surface area contributed by atoms with Crippen LogP contribution in [0.4, 0.5) is 8.78 Å². The van der Waals surface area contributed by atoms with Crippen molar-refractivity contribution in [3.05, 3.63) is 71.4 Å². The largest absolute Gasteiger partial charge is 0.439 e. The van der Waals surface area contributed by atoms with E-state index in [1.807, 2.05) is 13.8 Å². The molecule has 32 heavy (non-hydrogen) atoms. The van der Waals surface area contributed by atoms with Gasteiger partial charge >= 0.3 is 0 Å². The molecule has 0 bridgehead atoms. The average Bonchev–Trinajstić information content (AvgIpc) is 3.09. The lowest BCUT2D eigenvalue weighted by atomic mass is 10.2. The van der Waals surface area contributed by atoms with Crippen LogP contribution in [0.1, 0.15) is 24.6 Å². The number of aryl methyl sites for hydroxylation is 1. The molecule has 0 amide bonds. The van der Waals surface area contributed by atoms with Crippen molar-refractivity contribution in [3.8, 4) is 17.3 Å². The molecule has 0 aliphatic rings. The average molecular weight is 446 g/mol. The van der Waals surface area contributed by atoms with Crippen LogP contribution in [0, 0.1) is 18.6 Å². The van der Waals surface area contributed by atoms with E-state index < -0.39 is 6.10 Å². The van der Waals surface area contributed by atoms with Crippen molar-refractivity contribution in [2.45, 2.75) is 32.9 Å². The van der Waals surface area contributed by atoms with Gasteiger partial charge in [-0.15, -0.1) is 0 Å². The van der Waals surface area contributed by atoms with Crippen molar-refractivity contribution in [3.63, 3.8) is 0 Å². The number of ether oxygens (including phenoxy) is 2. The Morgan fingerprint density at radius 2 is 1.69 bits per heavy atom. The van der Waals surface area contributed by atoms with Crippen LogP contribution in [0.25, 0.3) is 5.69 Å². The molecule has 8 heteroatoms. The number of halogens is 2. The molecule has 6 nitrogen and oxygen atoms in total. The van der Waals surface area contributed by atoms with Crippen molar-refractivity contribution < 1.29 is 23.4 Å². The lowest BCUT2D eigenvalue weighted by molar-refractivity contribution is 0.0825. The van der Waals surface area contributed by atoms with Gasteiger partial charge in [0.25, 0.3) is 0 Å². The zero-order valence-electron chi connectivity index (χ0n) is 18.6. The summed E-state index contributed by atoms with van der Waals surface area (Å²) in [6.45, 7) is 5.86. The molecule has 2 aromatic carbocycles. The van der Waals surface area contributed by atoms with Crippen molar-refractivity contribution in [2.24, 2.45) is 0 Å². The fourth-order valence-corrected chi connectivity index (χ4v) is 3.30. The first-order valence-electron chi connectivity index (χ1n) is 10.6. The summed E-state index contributed by atoms with van der Waals surface area (Å²) in [5.74, 6) is 0.195. The van der Waals surface area contributed by atoms with Crippen LogP contribution in [-0.2, 0) is 11.3 Å². The molecule has 3 aromatic rings. The second-order valence-electron chi connectivity index (χ2n) is 7.60. The highest BCUT2D eigenvalue weighted by molar-refractivity contribution is 5.43. The number of hydrogen-bond donors (Lipinski definition) is 1. The summed E-state index contributed by atoms with van der Waals surface area (Å²) in [6, 6.07) is 11.7. The van der Waals surface area contributed by atoms with E-state index in [9.17, 15) is 13.9 Å². The Kier molecular flexibility index (Phi) is 8.33. The van der Waals surface area contributed by atoms with Gasteiger partial charge in [0.2, 0.25) is 5.88 Å². The Hall–Kier alpha value is -2.81. The first-order chi connectivity index (χ1) is 15.4. The van der Waals surface area contributed by atoms with Gasteiger partial charge in [-0.3, -0.25) is 4.90 Å². The molecule has 0 unspecified atom stereocenters. The van der Waals surface area contributed by atoms with Gasteiger partial charge in [-0.25, -0.2) is 13.5 Å². The fraction of sp³-hybridized carbons (Fsp3) is 0.375. The van der Waals surface area contributed by atoms with E-state index in [1.54, 1.807) is 36.1 Å². The van der Waals surface area contributed by atoms with E-state index in [4.69, 9.17) is 9.47 Å². The summed E-state index contributed by atoms with van der Waals surface area (Å²) in [6.07, 6.45) is 0.164. The van der Waals surface area contributed by atoms with Crippen molar-refractivity contribution in [1.29, 1.82) is 0 Å². The van der Waals surface area contributed by atoms with E-state index in [0.29, 0.717) is 50.0 Å². The molecule has 0 spiro atoms. The topological polar surface area (TPSA) is 59.8 Å². The highest BCUT2D eigenvalue weighted by Crippen LogP contribution is 2.32. The highest BCUT2D eigenvalue weighted by atomic mass is 19.1. The SMILES string of the molecule is CC[C@@H](O)CN(CCOC)Cc1c(C)nn(-c2ccc(F)cc2)c1Oc1ccc(F)cc1. The predicted molar refractivity (Wildman–Crippen MR) is 118 cm³/mol. The minimum atomic E-state index is -0.472. The third-order valence-electron chi connectivity index (χ3n) is 5.17. The minimum Gasteiger partial charge on any atom is -0.439 e. The summed E-state index contributed by atoms with van der Waals surface area (Å²) in [7, 11) is 1.63. The Morgan fingerprint density at radius 1 is 1.06 bits per heavy atom. The normalized spacial score (nSPS) is 12.3. The van der Waals surface area contributed by atoms with Crippen LogP contribution in [0.5, 0.6) is 11.6 Å². The molecule has 0 fully saturated rings. The standard InChI is InChI=1S/C24H29F2N3O3/c1-4-21(30)15-28(13-14-31-3)16-23-17(2)27-29(20-9-5-18(25)6-10-20)24(23)32-22-11-7-19(26)8-12-22/h5-12,21,30H,4,13-16H2,1-3H3/t21-/m1/s1. The van der Waals surface area contributed by atoms with Gasteiger partial charge in [0, 0.05) is 26.7 Å². The molecular weight excluding hydrogens is 416 g/mol. The molecule has 0 aliphatic carbocycles. The molecule has 0 saturated heterocycles. The number of aromatic nitrogens is 2. The lowest BCUT2D eigenvalue weighted by Gasteiger charge is -2.24. The van der Waals surface area contributed by atoms with Crippen molar-refractivity contribution >= 4 is 0 Å². The molecule has 172 valence electrons. The monoisotopic (exact) mass is 445 g/mol. The number of methoxy groups -OCH3 is 1. The van der Waals surface area contributed by atoms with Crippen LogP contribution in [0.2, 0.25) is 0 Å². The second kappa shape index (κ2) is 11.2. The highest BCUT2D eigenvalue weighted by Gasteiger charge is 2.22. The van der Waals surface area contributed by atoms with Gasteiger partial charge in [-0.1, -0.05) is 6.92 Å². The number of aliphatic hydroxyl groups is 1. The second-order valence-corrected chi connectivity index (χ2v) is 7.60. The Labute approximate surface area is 187 Å². The van der Waals surface area contributed by atoms with Gasteiger partial charge in [0.05, 0.1) is 29.7 Å². The number of benzene rings is 2. The van der Waals surface area contributed by atoms with Gasteiger partial charge < -0.3 is 14.6 Å². The van der Waals surface area contributed by atoms with Crippen LogP contribution < -0.4 is 4.74 Å². The van der Waals surface area contributed by atoms with Gasteiger partial charge in [0.15, 0.2) is 0 Å². The van der Waals surface area contributed by atoms with Gasteiger partial charge in [0.1, 0.15) is 17.4 Å². The first-order valence-corrected chi connectivity index (χ1v) is 10.6. The summed E-state index contributed by atoms with van der Waals surface area (Å²) >= 11 is 0. The van der Waals surface area contributed by atoms with E-state index in [2.05, 4.69) is 10.00 Å². The Morgan fingerprint density at radius 3 is 2.28 bits per heavy atom. The van der Waals surface area contributed by atoms with Crippen molar-refractivity contribution in [2.75, 3.05) is 26.8 Å². The summed E-state index contributed by atoms with van der Waals surface area (Å²) in [5, 5.41) is 14.8. The number of nitrogens with zero attached hydrogens (tertiary/aromatic N) is 3. The maximum atomic E-state index is 13.5.